The molecule has 0 spiro atoms. The molecule has 1 aromatic rings. The molecule has 1 aromatic carbocycles. The Labute approximate surface area is 138 Å². The van der Waals surface area contributed by atoms with Crippen LogP contribution in [0.2, 0.25) is 0 Å². The summed E-state index contributed by atoms with van der Waals surface area (Å²) in [6.07, 6.45) is 0. The van der Waals surface area contributed by atoms with Crippen molar-refractivity contribution in [3.05, 3.63) is 34.4 Å². The Morgan fingerprint density at radius 2 is 1.40 bits per heavy atom. The number of hydrogen-bond acceptors (Lipinski definition) is 2. The van der Waals surface area contributed by atoms with Gasteiger partial charge in [0.15, 0.2) is 5.92 Å². The Hall–Kier alpha value is -1.07. The molecule has 0 unspecified atom stereocenters. The third kappa shape index (κ3) is 3.96. The van der Waals surface area contributed by atoms with Gasteiger partial charge in [0, 0.05) is 0 Å². The molecule has 0 aliphatic carbocycles. The number of benzene rings is 1. The molecule has 4 nitrogen and oxygen atoms in total. The van der Waals surface area contributed by atoms with Crippen molar-refractivity contribution in [1.82, 2.24) is 0 Å². The Morgan fingerprint density at radius 3 is 1.65 bits per heavy atom. The van der Waals surface area contributed by atoms with Gasteiger partial charge in [-0.25, -0.2) is 0 Å². The fraction of sp³-hybridized carbons (Fsp3) is 0.467. The van der Waals surface area contributed by atoms with E-state index >= 15 is 0 Å². The molecule has 0 aliphatic rings. The number of carboxylic acid groups (broad SMARTS) is 2. The van der Waals surface area contributed by atoms with Crippen LogP contribution in [0.3, 0.4) is 0 Å². The summed E-state index contributed by atoms with van der Waals surface area (Å²) in [5.41, 5.74) is 3.24. The van der Waals surface area contributed by atoms with Crippen molar-refractivity contribution >= 4 is 35.0 Å². The maximum Gasteiger partial charge on any atom is 2.00 e. The molecule has 0 saturated carbocycles. The van der Waals surface area contributed by atoms with E-state index in [-0.39, 0.29) is 31.3 Å². The van der Waals surface area contributed by atoms with E-state index in [0.717, 1.165) is 16.7 Å². The van der Waals surface area contributed by atoms with E-state index in [0.29, 0.717) is 5.56 Å². The van der Waals surface area contributed by atoms with Crippen molar-refractivity contribution in [1.29, 1.82) is 0 Å². The molecule has 0 saturated heterocycles. The van der Waals surface area contributed by atoms with Crippen LogP contribution in [-0.2, 0) is 15.0 Å². The van der Waals surface area contributed by atoms with Gasteiger partial charge in [0.2, 0.25) is 0 Å². The van der Waals surface area contributed by atoms with Crippen molar-refractivity contribution in [2.24, 2.45) is 0 Å². The van der Waals surface area contributed by atoms with Crippen molar-refractivity contribution in [2.45, 2.75) is 46.0 Å². The minimum atomic E-state index is -1.51. The standard InChI is InChI=1S/C15H20O4.Mg.2H/c1-8-6-10(11(13(16)17)14(18)19)7-9(2)12(8)15(3,4)5;;;/h6-7,11H,1-5H3,(H,16,17)(H,18,19);;;/q;+2;2*-1. The SMILES string of the molecule is Cc1cc(C(C(=O)O)C(=O)O)cc(C)c1C(C)(C)C.[H-].[H-].[Mg+2]. The summed E-state index contributed by atoms with van der Waals surface area (Å²) >= 11 is 0. The number of carbonyl (C=O) groups is 2. The number of hydrogen-bond donors (Lipinski definition) is 2. The van der Waals surface area contributed by atoms with E-state index in [1.165, 1.54) is 0 Å². The second-order valence-electron chi connectivity index (χ2n) is 5.89. The summed E-state index contributed by atoms with van der Waals surface area (Å²) in [6, 6.07) is 3.33. The molecule has 0 heterocycles. The molecule has 0 aliphatic heterocycles. The van der Waals surface area contributed by atoms with Crippen LogP contribution in [0.15, 0.2) is 12.1 Å². The minimum absolute atomic E-state index is 0. The predicted octanol–water partition coefficient (Wildman–Crippen LogP) is 2.70. The maximum absolute atomic E-state index is 11.1. The van der Waals surface area contributed by atoms with Gasteiger partial charge >= 0.3 is 35.0 Å². The smallest absolute Gasteiger partial charge is 1.00 e. The van der Waals surface area contributed by atoms with Gasteiger partial charge in [0.1, 0.15) is 0 Å². The first-order valence-corrected chi connectivity index (χ1v) is 6.13. The van der Waals surface area contributed by atoms with E-state index < -0.39 is 17.9 Å². The summed E-state index contributed by atoms with van der Waals surface area (Å²) in [7, 11) is 0. The quantitative estimate of drug-likeness (QED) is 0.663. The van der Waals surface area contributed by atoms with E-state index in [2.05, 4.69) is 20.8 Å². The Bertz CT molecular complexity index is 502. The summed E-state index contributed by atoms with van der Waals surface area (Å²) in [4.78, 5) is 22.1. The number of aliphatic carboxylic acids is 2. The Kier molecular flexibility index (Phi) is 6.23. The van der Waals surface area contributed by atoms with Gasteiger partial charge in [-0.05, 0) is 41.5 Å². The first-order valence-electron chi connectivity index (χ1n) is 6.13. The van der Waals surface area contributed by atoms with Crippen molar-refractivity contribution in [2.75, 3.05) is 0 Å². The third-order valence-electron chi connectivity index (χ3n) is 3.13. The molecular weight excluding hydrogens is 268 g/mol. The fourth-order valence-electron chi connectivity index (χ4n) is 2.74. The second-order valence-corrected chi connectivity index (χ2v) is 5.89. The number of rotatable bonds is 3. The maximum atomic E-state index is 11.1. The van der Waals surface area contributed by atoms with Crippen LogP contribution in [0.25, 0.3) is 0 Å². The largest absolute Gasteiger partial charge is 2.00 e. The molecule has 1 rings (SSSR count). The fourth-order valence-corrected chi connectivity index (χ4v) is 2.74. The molecule has 0 bridgehead atoms. The van der Waals surface area contributed by atoms with Crippen LogP contribution in [0.4, 0.5) is 0 Å². The Balaban J connectivity index is -0.00000120. The van der Waals surface area contributed by atoms with Gasteiger partial charge in [-0.1, -0.05) is 32.9 Å². The number of aryl methyl sites for hydroxylation is 2. The average molecular weight is 291 g/mol. The van der Waals surface area contributed by atoms with Gasteiger partial charge in [0.25, 0.3) is 0 Å². The molecule has 5 heteroatoms. The first kappa shape index (κ1) is 18.9. The molecule has 20 heavy (non-hydrogen) atoms. The molecule has 2 N–H and O–H groups in total. The van der Waals surface area contributed by atoms with Crippen molar-refractivity contribution < 1.29 is 22.7 Å². The second kappa shape index (κ2) is 6.59. The van der Waals surface area contributed by atoms with E-state index in [9.17, 15) is 9.59 Å². The van der Waals surface area contributed by atoms with Crippen LogP contribution in [-0.4, -0.2) is 45.2 Å². The van der Waals surface area contributed by atoms with Crippen LogP contribution in [0.1, 0.15) is 51.8 Å². The summed E-state index contributed by atoms with van der Waals surface area (Å²) < 4.78 is 0. The summed E-state index contributed by atoms with van der Waals surface area (Å²) in [6.45, 7) is 10.0. The topological polar surface area (TPSA) is 74.6 Å². The van der Waals surface area contributed by atoms with Crippen molar-refractivity contribution in [3.63, 3.8) is 0 Å². The zero-order chi connectivity index (χ0) is 15.0. The van der Waals surface area contributed by atoms with Gasteiger partial charge in [0.05, 0.1) is 0 Å². The zero-order valence-electron chi connectivity index (χ0n) is 14.7. The van der Waals surface area contributed by atoms with Gasteiger partial charge < -0.3 is 13.1 Å². The van der Waals surface area contributed by atoms with Gasteiger partial charge in [-0.15, -0.1) is 0 Å². The van der Waals surface area contributed by atoms with Crippen LogP contribution in [0.5, 0.6) is 0 Å². The normalized spacial score (nSPS) is 11.1. The molecule has 0 radical (unpaired) electrons. The van der Waals surface area contributed by atoms with Gasteiger partial charge in [-0.2, -0.15) is 0 Å². The first-order chi connectivity index (χ1) is 8.55. The summed E-state index contributed by atoms with van der Waals surface area (Å²) in [5, 5.41) is 18.1. The minimum Gasteiger partial charge on any atom is -1.00 e. The van der Waals surface area contributed by atoms with E-state index in [1.54, 1.807) is 12.1 Å². The average Bonchev–Trinajstić information content (AvgIpc) is 2.11. The van der Waals surface area contributed by atoms with E-state index in [1.807, 2.05) is 13.8 Å². The monoisotopic (exact) mass is 290 g/mol. The molecule has 0 aromatic heterocycles. The predicted molar refractivity (Wildman–Crippen MR) is 80.6 cm³/mol. The Morgan fingerprint density at radius 1 is 1.05 bits per heavy atom. The van der Waals surface area contributed by atoms with Crippen LogP contribution in [0, 0.1) is 13.8 Å². The van der Waals surface area contributed by atoms with Crippen LogP contribution < -0.4 is 0 Å². The molecule has 108 valence electrons. The van der Waals surface area contributed by atoms with Crippen molar-refractivity contribution in [3.8, 4) is 0 Å². The van der Waals surface area contributed by atoms with Gasteiger partial charge in [-0.3, -0.25) is 9.59 Å². The molecular formula is C15H22MgO4. The molecule has 0 fully saturated rings. The number of carboxylic acids is 2. The molecule has 0 atom stereocenters. The van der Waals surface area contributed by atoms with Crippen LogP contribution >= 0.6 is 0 Å². The summed E-state index contributed by atoms with van der Waals surface area (Å²) in [5.74, 6) is -4.18. The molecule has 0 amide bonds. The van der Waals surface area contributed by atoms with E-state index in [4.69, 9.17) is 10.2 Å². The zero-order valence-corrected chi connectivity index (χ0v) is 14.1. The third-order valence-corrected chi connectivity index (χ3v) is 3.13.